The molecule has 2 rings (SSSR count). The normalized spacial score (nSPS) is 37.2. The van der Waals surface area contributed by atoms with Crippen molar-refractivity contribution in [1.29, 1.82) is 0 Å². The van der Waals surface area contributed by atoms with Crippen LogP contribution in [0.5, 0.6) is 0 Å². The first-order valence-electron chi connectivity index (χ1n) is 7.14. The third kappa shape index (κ3) is 4.25. The maximum atomic E-state index is 11.9. The SMILES string of the molecule is CC1CC(C)CC(OC(=O)CC2COCCN2)C1. The van der Waals surface area contributed by atoms with Gasteiger partial charge in [-0.2, -0.15) is 0 Å². The van der Waals surface area contributed by atoms with E-state index in [2.05, 4.69) is 19.2 Å². The van der Waals surface area contributed by atoms with Crippen LogP contribution in [0.1, 0.15) is 39.5 Å². The highest BCUT2D eigenvalue weighted by molar-refractivity contribution is 5.70. The van der Waals surface area contributed by atoms with E-state index in [0.717, 1.165) is 26.0 Å². The maximum absolute atomic E-state index is 11.9. The Hall–Kier alpha value is -0.610. The van der Waals surface area contributed by atoms with Crippen molar-refractivity contribution < 1.29 is 14.3 Å². The van der Waals surface area contributed by atoms with Gasteiger partial charge in [0.05, 0.1) is 19.6 Å². The van der Waals surface area contributed by atoms with E-state index in [1.54, 1.807) is 0 Å². The average molecular weight is 255 g/mol. The lowest BCUT2D eigenvalue weighted by Crippen LogP contribution is -2.43. The van der Waals surface area contributed by atoms with Gasteiger partial charge in [-0.05, 0) is 31.1 Å². The number of hydrogen-bond donors (Lipinski definition) is 1. The van der Waals surface area contributed by atoms with Gasteiger partial charge >= 0.3 is 5.97 Å². The maximum Gasteiger partial charge on any atom is 0.307 e. The molecule has 104 valence electrons. The summed E-state index contributed by atoms with van der Waals surface area (Å²) in [5.41, 5.74) is 0. The van der Waals surface area contributed by atoms with Crippen molar-refractivity contribution in [3.05, 3.63) is 0 Å². The lowest BCUT2D eigenvalue weighted by Gasteiger charge is -2.31. The summed E-state index contributed by atoms with van der Waals surface area (Å²) in [4.78, 5) is 11.9. The van der Waals surface area contributed by atoms with Crippen molar-refractivity contribution in [1.82, 2.24) is 5.32 Å². The molecule has 1 N–H and O–H groups in total. The Kier molecular flexibility index (Phi) is 5.01. The molecule has 0 bridgehead atoms. The van der Waals surface area contributed by atoms with Crippen LogP contribution in [0, 0.1) is 11.8 Å². The lowest BCUT2D eigenvalue weighted by atomic mass is 9.82. The van der Waals surface area contributed by atoms with Crippen molar-refractivity contribution in [3.8, 4) is 0 Å². The summed E-state index contributed by atoms with van der Waals surface area (Å²) in [5.74, 6) is 1.26. The second-order valence-corrected chi connectivity index (χ2v) is 5.96. The zero-order valence-corrected chi connectivity index (χ0v) is 11.5. The molecule has 0 aromatic carbocycles. The van der Waals surface area contributed by atoms with Gasteiger partial charge in [-0.15, -0.1) is 0 Å². The molecule has 1 saturated heterocycles. The van der Waals surface area contributed by atoms with Gasteiger partial charge in [-0.3, -0.25) is 4.79 Å². The molecule has 4 nitrogen and oxygen atoms in total. The van der Waals surface area contributed by atoms with Crippen LogP contribution < -0.4 is 5.32 Å². The van der Waals surface area contributed by atoms with Crippen molar-refractivity contribution in [2.24, 2.45) is 11.8 Å². The van der Waals surface area contributed by atoms with Gasteiger partial charge in [0.2, 0.25) is 0 Å². The second kappa shape index (κ2) is 6.53. The van der Waals surface area contributed by atoms with E-state index >= 15 is 0 Å². The molecule has 1 aliphatic heterocycles. The van der Waals surface area contributed by atoms with Crippen LogP contribution >= 0.6 is 0 Å². The van der Waals surface area contributed by atoms with E-state index < -0.39 is 0 Å². The third-order valence-electron chi connectivity index (χ3n) is 3.84. The molecule has 3 atom stereocenters. The molecule has 0 aromatic rings. The number of carbonyl (C=O) groups is 1. The van der Waals surface area contributed by atoms with Crippen molar-refractivity contribution in [3.63, 3.8) is 0 Å². The minimum Gasteiger partial charge on any atom is -0.462 e. The highest BCUT2D eigenvalue weighted by atomic mass is 16.5. The van der Waals surface area contributed by atoms with E-state index in [-0.39, 0.29) is 18.1 Å². The molecule has 2 aliphatic rings. The molecule has 0 amide bonds. The van der Waals surface area contributed by atoms with Gasteiger partial charge < -0.3 is 14.8 Å². The number of carbonyl (C=O) groups excluding carboxylic acids is 1. The summed E-state index contributed by atoms with van der Waals surface area (Å²) < 4.78 is 10.9. The molecule has 18 heavy (non-hydrogen) atoms. The second-order valence-electron chi connectivity index (χ2n) is 5.96. The molecule has 0 radical (unpaired) electrons. The average Bonchev–Trinajstić information content (AvgIpc) is 2.28. The topological polar surface area (TPSA) is 47.6 Å². The number of nitrogens with one attached hydrogen (secondary N) is 1. The Balaban J connectivity index is 1.72. The van der Waals surface area contributed by atoms with Crippen LogP contribution in [-0.2, 0) is 14.3 Å². The molecular formula is C14H25NO3. The number of morpholine rings is 1. The van der Waals surface area contributed by atoms with Crippen LogP contribution in [-0.4, -0.2) is 37.9 Å². The highest BCUT2D eigenvalue weighted by Crippen LogP contribution is 2.30. The summed E-state index contributed by atoms with van der Waals surface area (Å²) in [6.45, 7) is 6.67. The highest BCUT2D eigenvalue weighted by Gasteiger charge is 2.27. The fourth-order valence-corrected chi connectivity index (χ4v) is 3.16. The van der Waals surface area contributed by atoms with E-state index in [1.807, 2.05) is 0 Å². The molecule has 0 aromatic heterocycles. The van der Waals surface area contributed by atoms with Crippen molar-refractivity contribution in [2.45, 2.75) is 51.7 Å². The van der Waals surface area contributed by atoms with Crippen LogP contribution in [0.4, 0.5) is 0 Å². The molecule has 1 heterocycles. The molecule has 1 saturated carbocycles. The van der Waals surface area contributed by atoms with Crippen LogP contribution in [0.25, 0.3) is 0 Å². The standard InChI is InChI=1S/C14H25NO3/c1-10-5-11(2)7-13(6-10)18-14(16)8-12-9-17-4-3-15-12/h10-13,15H,3-9H2,1-2H3. The fraction of sp³-hybridized carbons (Fsp3) is 0.929. The van der Waals surface area contributed by atoms with E-state index in [1.165, 1.54) is 6.42 Å². The Morgan fingerprint density at radius 2 is 2.00 bits per heavy atom. The molecular weight excluding hydrogens is 230 g/mol. The summed E-state index contributed by atoms with van der Waals surface area (Å²) in [6.07, 6.45) is 3.85. The summed E-state index contributed by atoms with van der Waals surface area (Å²) in [5, 5.41) is 3.28. The first kappa shape index (κ1) is 13.8. The Labute approximate surface area is 109 Å². The Morgan fingerprint density at radius 1 is 1.28 bits per heavy atom. The first-order valence-corrected chi connectivity index (χ1v) is 7.14. The van der Waals surface area contributed by atoms with E-state index in [0.29, 0.717) is 24.9 Å². The zero-order chi connectivity index (χ0) is 13.0. The number of esters is 1. The smallest absolute Gasteiger partial charge is 0.307 e. The Bertz CT molecular complexity index is 266. The summed E-state index contributed by atoms with van der Waals surface area (Å²) >= 11 is 0. The van der Waals surface area contributed by atoms with Crippen LogP contribution in [0.15, 0.2) is 0 Å². The summed E-state index contributed by atoms with van der Waals surface area (Å²) in [6, 6.07) is 0.129. The predicted octanol–water partition coefficient (Wildman–Crippen LogP) is 1.73. The third-order valence-corrected chi connectivity index (χ3v) is 3.84. The van der Waals surface area contributed by atoms with Gasteiger partial charge in [-0.1, -0.05) is 13.8 Å². The van der Waals surface area contributed by atoms with Gasteiger partial charge in [0, 0.05) is 12.6 Å². The quantitative estimate of drug-likeness (QED) is 0.780. The van der Waals surface area contributed by atoms with E-state index in [9.17, 15) is 4.79 Å². The fourth-order valence-electron chi connectivity index (χ4n) is 3.16. The van der Waals surface area contributed by atoms with Crippen molar-refractivity contribution >= 4 is 5.97 Å². The van der Waals surface area contributed by atoms with Crippen LogP contribution in [0.2, 0.25) is 0 Å². The lowest BCUT2D eigenvalue weighted by molar-refractivity contribution is -0.153. The number of ether oxygens (including phenoxy) is 2. The molecule has 1 aliphatic carbocycles. The molecule has 3 unspecified atom stereocenters. The van der Waals surface area contributed by atoms with Gasteiger partial charge in [0.1, 0.15) is 6.10 Å². The monoisotopic (exact) mass is 255 g/mol. The minimum atomic E-state index is -0.0794. The van der Waals surface area contributed by atoms with Gasteiger partial charge in [0.15, 0.2) is 0 Å². The van der Waals surface area contributed by atoms with E-state index in [4.69, 9.17) is 9.47 Å². The van der Waals surface area contributed by atoms with Gasteiger partial charge in [0.25, 0.3) is 0 Å². The van der Waals surface area contributed by atoms with Crippen molar-refractivity contribution in [2.75, 3.05) is 19.8 Å². The first-order chi connectivity index (χ1) is 8.63. The van der Waals surface area contributed by atoms with Gasteiger partial charge in [-0.25, -0.2) is 0 Å². The molecule has 2 fully saturated rings. The number of hydrogen-bond acceptors (Lipinski definition) is 4. The Morgan fingerprint density at radius 3 is 2.61 bits per heavy atom. The van der Waals surface area contributed by atoms with Crippen LogP contribution in [0.3, 0.4) is 0 Å². The number of rotatable bonds is 3. The summed E-state index contributed by atoms with van der Waals surface area (Å²) in [7, 11) is 0. The minimum absolute atomic E-state index is 0.0794. The molecule has 4 heteroatoms. The largest absolute Gasteiger partial charge is 0.462 e. The zero-order valence-electron chi connectivity index (χ0n) is 11.5. The predicted molar refractivity (Wildman–Crippen MR) is 69.3 cm³/mol. The molecule has 0 spiro atoms.